The molecule has 0 unspecified atom stereocenters. The van der Waals surface area contributed by atoms with Gasteiger partial charge in [0.2, 0.25) is 0 Å². The van der Waals surface area contributed by atoms with E-state index in [2.05, 4.69) is 5.32 Å². The maximum Gasteiger partial charge on any atom is 0.349 e. The molecule has 1 N–H and O–H groups in total. The van der Waals surface area contributed by atoms with Crippen molar-refractivity contribution in [3.63, 3.8) is 0 Å². The van der Waals surface area contributed by atoms with E-state index in [0.29, 0.717) is 4.88 Å². The molecule has 2 aromatic rings. The summed E-state index contributed by atoms with van der Waals surface area (Å²) in [5.74, 6) is -0.730. The minimum absolute atomic E-state index is 0.312. The van der Waals surface area contributed by atoms with E-state index in [9.17, 15) is 9.59 Å². The van der Waals surface area contributed by atoms with Gasteiger partial charge >= 0.3 is 5.97 Å². The van der Waals surface area contributed by atoms with E-state index in [0.717, 1.165) is 41.6 Å². The average Bonchev–Trinajstić information content (AvgIpc) is 3.11. The summed E-state index contributed by atoms with van der Waals surface area (Å²) < 4.78 is 5.37. The largest absolute Gasteiger partial charge is 0.448 e. The lowest BCUT2D eigenvalue weighted by Crippen LogP contribution is -2.30. The zero-order chi connectivity index (χ0) is 18.1. The van der Waals surface area contributed by atoms with Crippen LogP contribution in [0.1, 0.15) is 50.1 Å². The molecule has 0 bridgehead atoms. The smallest absolute Gasteiger partial charge is 0.349 e. The van der Waals surface area contributed by atoms with Crippen molar-refractivity contribution in [2.24, 2.45) is 0 Å². The number of hydrogen-bond donors (Lipinski definition) is 1. The minimum Gasteiger partial charge on any atom is -0.448 e. The van der Waals surface area contributed by atoms with Gasteiger partial charge in [0.1, 0.15) is 4.88 Å². The van der Waals surface area contributed by atoms with Crippen LogP contribution in [0.3, 0.4) is 0 Å². The molecule has 0 spiro atoms. The molecule has 1 atom stereocenters. The maximum absolute atomic E-state index is 12.4. The van der Waals surface area contributed by atoms with Crippen molar-refractivity contribution in [3.8, 4) is 0 Å². The lowest BCUT2D eigenvalue weighted by atomic mass is 10.0. The Labute approximate surface area is 152 Å². The SMILES string of the molecule is Cc1cc(C)c(NC(=O)[C@H](C)OC(=O)c2cc3c(s2)CCC3)c(C)c1. The van der Waals surface area contributed by atoms with Crippen molar-refractivity contribution in [3.05, 3.63) is 50.2 Å². The number of esters is 1. The van der Waals surface area contributed by atoms with Crippen LogP contribution in [-0.4, -0.2) is 18.0 Å². The van der Waals surface area contributed by atoms with Gasteiger partial charge in [0, 0.05) is 10.6 Å². The number of nitrogens with one attached hydrogen (secondary N) is 1. The molecule has 4 nitrogen and oxygen atoms in total. The Bertz CT molecular complexity index is 793. The van der Waals surface area contributed by atoms with Crippen LogP contribution in [0.5, 0.6) is 0 Å². The Kier molecular flexibility index (Phi) is 4.95. The highest BCUT2D eigenvalue weighted by Crippen LogP contribution is 2.31. The van der Waals surface area contributed by atoms with Crippen molar-refractivity contribution < 1.29 is 14.3 Å². The number of anilines is 1. The maximum atomic E-state index is 12.4. The first kappa shape index (κ1) is 17.7. The fourth-order valence-corrected chi connectivity index (χ4v) is 4.44. The van der Waals surface area contributed by atoms with Crippen molar-refractivity contribution in [2.75, 3.05) is 5.32 Å². The van der Waals surface area contributed by atoms with E-state index >= 15 is 0 Å². The van der Waals surface area contributed by atoms with Gasteiger partial charge in [-0.1, -0.05) is 17.7 Å². The molecule has 0 radical (unpaired) electrons. The third-order valence-electron chi connectivity index (χ3n) is 4.53. The standard InChI is InChI=1S/C20H23NO3S/c1-11-8-12(2)18(13(3)9-11)21-19(22)14(4)24-20(23)17-10-15-6-5-7-16(15)25-17/h8-10,14H,5-7H2,1-4H3,(H,21,22)/t14-/m0/s1. The third kappa shape index (κ3) is 3.76. The first-order chi connectivity index (χ1) is 11.8. The molecular weight excluding hydrogens is 334 g/mol. The number of ether oxygens (including phenoxy) is 1. The van der Waals surface area contributed by atoms with Gasteiger partial charge < -0.3 is 10.1 Å². The summed E-state index contributed by atoms with van der Waals surface area (Å²) in [4.78, 5) is 26.6. The van der Waals surface area contributed by atoms with Gasteiger partial charge in [-0.3, -0.25) is 4.79 Å². The van der Waals surface area contributed by atoms with Gasteiger partial charge in [-0.2, -0.15) is 0 Å². The number of aryl methyl sites for hydroxylation is 5. The van der Waals surface area contributed by atoms with Gasteiger partial charge in [-0.25, -0.2) is 4.79 Å². The Hall–Kier alpha value is -2.14. The molecule has 132 valence electrons. The summed E-state index contributed by atoms with van der Waals surface area (Å²) in [6.45, 7) is 7.54. The molecule has 1 amide bonds. The lowest BCUT2D eigenvalue weighted by molar-refractivity contribution is -0.123. The lowest BCUT2D eigenvalue weighted by Gasteiger charge is -2.16. The predicted molar refractivity (Wildman–Crippen MR) is 101 cm³/mol. The number of thiophene rings is 1. The second-order valence-corrected chi connectivity index (χ2v) is 7.86. The van der Waals surface area contributed by atoms with Gasteiger partial charge in [0.25, 0.3) is 5.91 Å². The monoisotopic (exact) mass is 357 g/mol. The topological polar surface area (TPSA) is 55.4 Å². The zero-order valence-corrected chi connectivity index (χ0v) is 15.9. The van der Waals surface area contributed by atoms with E-state index in [1.807, 2.05) is 39.0 Å². The predicted octanol–water partition coefficient (Wildman–Crippen LogP) is 4.35. The molecule has 0 saturated heterocycles. The molecular formula is C20H23NO3S. The fraction of sp³-hybridized carbons (Fsp3) is 0.400. The highest BCUT2D eigenvalue weighted by molar-refractivity contribution is 7.14. The summed E-state index contributed by atoms with van der Waals surface area (Å²) in [6, 6.07) is 5.95. The number of benzene rings is 1. The van der Waals surface area contributed by atoms with E-state index < -0.39 is 12.1 Å². The summed E-state index contributed by atoms with van der Waals surface area (Å²) in [6.07, 6.45) is 2.38. The zero-order valence-electron chi connectivity index (χ0n) is 15.1. The average molecular weight is 357 g/mol. The van der Waals surface area contributed by atoms with Crippen LogP contribution in [0.25, 0.3) is 0 Å². The molecule has 3 rings (SSSR count). The fourth-order valence-electron chi connectivity index (χ4n) is 3.30. The second kappa shape index (κ2) is 7.00. The van der Waals surface area contributed by atoms with Crippen LogP contribution in [0.4, 0.5) is 5.69 Å². The molecule has 0 aliphatic heterocycles. The van der Waals surface area contributed by atoms with E-state index in [1.165, 1.54) is 21.8 Å². The Morgan fingerprint density at radius 2 is 1.80 bits per heavy atom. The quantitative estimate of drug-likeness (QED) is 0.828. The molecule has 1 heterocycles. The molecule has 1 aromatic carbocycles. The molecule has 0 saturated carbocycles. The highest BCUT2D eigenvalue weighted by atomic mass is 32.1. The van der Waals surface area contributed by atoms with Gasteiger partial charge in [0.05, 0.1) is 0 Å². The number of hydrogen-bond acceptors (Lipinski definition) is 4. The Morgan fingerprint density at radius 1 is 1.12 bits per heavy atom. The number of amides is 1. The summed E-state index contributed by atoms with van der Waals surface area (Å²) in [7, 11) is 0. The highest BCUT2D eigenvalue weighted by Gasteiger charge is 2.24. The number of carbonyl (C=O) groups excluding carboxylic acids is 2. The van der Waals surface area contributed by atoms with Crippen molar-refractivity contribution in [2.45, 2.75) is 53.1 Å². The number of fused-ring (bicyclic) bond motifs is 1. The van der Waals surface area contributed by atoms with Crippen molar-refractivity contribution in [1.82, 2.24) is 0 Å². The molecule has 1 aromatic heterocycles. The summed E-state index contributed by atoms with van der Waals surface area (Å²) in [5.41, 5.74) is 5.19. The minimum atomic E-state index is -0.843. The van der Waals surface area contributed by atoms with E-state index in [4.69, 9.17) is 4.74 Å². The van der Waals surface area contributed by atoms with Crippen LogP contribution in [0, 0.1) is 20.8 Å². The molecule has 1 aliphatic rings. The molecule has 5 heteroatoms. The first-order valence-corrected chi connectivity index (χ1v) is 9.38. The van der Waals surface area contributed by atoms with Gasteiger partial charge in [-0.15, -0.1) is 11.3 Å². The van der Waals surface area contributed by atoms with Crippen LogP contribution in [0.15, 0.2) is 18.2 Å². The number of rotatable bonds is 4. The molecule has 1 aliphatic carbocycles. The van der Waals surface area contributed by atoms with E-state index in [-0.39, 0.29) is 5.91 Å². The Morgan fingerprint density at radius 3 is 2.44 bits per heavy atom. The first-order valence-electron chi connectivity index (χ1n) is 8.56. The summed E-state index contributed by atoms with van der Waals surface area (Å²) in [5, 5.41) is 2.89. The van der Waals surface area contributed by atoms with Crippen molar-refractivity contribution in [1.29, 1.82) is 0 Å². The van der Waals surface area contributed by atoms with Gasteiger partial charge in [0.15, 0.2) is 6.10 Å². The van der Waals surface area contributed by atoms with Crippen molar-refractivity contribution >= 4 is 28.9 Å². The third-order valence-corrected chi connectivity index (χ3v) is 5.74. The normalized spacial score (nSPS) is 14.1. The molecule has 25 heavy (non-hydrogen) atoms. The second-order valence-electron chi connectivity index (χ2n) is 6.72. The van der Waals surface area contributed by atoms with Crippen LogP contribution >= 0.6 is 11.3 Å². The Balaban J connectivity index is 1.65. The number of carbonyl (C=O) groups is 2. The molecule has 0 fully saturated rings. The van der Waals surface area contributed by atoms with Crippen LogP contribution < -0.4 is 5.32 Å². The van der Waals surface area contributed by atoms with Crippen LogP contribution in [0.2, 0.25) is 0 Å². The van der Waals surface area contributed by atoms with Gasteiger partial charge in [-0.05, 0) is 69.7 Å². The summed E-state index contributed by atoms with van der Waals surface area (Å²) >= 11 is 1.49. The van der Waals surface area contributed by atoms with Crippen LogP contribution in [-0.2, 0) is 22.4 Å². The van der Waals surface area contributed by atoms with E-state index in [1.54, 1.807) is 6.92 Å².